The number of hydrogen-bond acceptors (Lipinski definition) is 6. The predicted molar refractivity (Wildman–Crippen MR) is 99.2 cm³/mol. The quantitative estimate of drug-likeness (QED) is 0.690. The van der Waals surface area contributed by atoms with Crippen LogP contribution in [0.2, 0.25) is 0 Å². The Bertz CT molecular complexity index is 949. The van der Waals surface area contributed by atoms with E-state index in [9.17, 15) is 4.79 Å². The van der Waals surface area contributed by atoms with Crippen molar-refractivity contribution in [2.24, 2.45) is 0 Å². The van der Waals surface area contributed by atoms with Gasteiger partial charge >= 0.3 is 0 Å². The Kier molecular flexibility index (Phi) is 4.85. The van der Waals surface area contributed by atoms with Crippen molar-refractivity contribution in [1.29, 1.82) is 0 Å². The van der Waals surface area contributed by atoms with Gasteiger partial charge in [0.1, 0.15) is 0 Å². The van der Waals surface area contributed by atoms with Crippen LogP contribution >= 0.6 is 0 Å². The van der Waals surface area contributed by atoms with Crippen LogP contribution in [0.1, 0.15) is 40.3 Å². The van der Waals surface area contributed by atoms with Gasteiger partial charge in [0, 0.05) is 25.0 Å². The minimum absolute atomic E-state index is 0.0552. The van der Waals surface area contributed by atoms with Crippen LogP contribution in [0.15, 0.2) is 35.0 Å². The summed E-state index contributed by atoms with van der Waals surface area (Å²) in [6, 6.07) is 7.52. The second kappa shape index (κ2) is 7.44. The number of carbonyl (C=O) groups excluding carboxylic acids is 1. The SMILES string of the molecule is Cc1cc(C(=O)N(Cc2ccccn2)C[C@@H]2CCCO2)c2c(C)noc2n1. The largest absolute Gasteiger partial charge is 0.376 e. The molecular weight excluding hydrogens is 344 g/mol. The summed E-state index contributed by atoms with van der Waals surface area (Å²) in [6.45, 7) is 5.37. The van der Waals surface area contributed by atoms with Crippen molar-refractivity contribution in [1.82, 2.24) is 20.0 Å². The minimum Gasteiger partial charge on any atom is -0.376 e. The first-order valence-corrected chi connectivity index (χ1v) is 9.16. The second-order valence-electron chi connectivity index (χ2n) is 6.90. The normalized spacial score (nSPS) is 16.7. The summed E-state index contributed by atoms with van der Waals surface area (Å²) in [4.78, 5) is 24.0. The number of aryl methyl sites for hydroxylation is 2. The lowest BCUT2D eigenvalue weighted by Crippen LogP contribution is -2.37. The predicted octanol–water partition coefficient (Wildman–Crippen LogP) is 3.06. The summed E-state index contributed by atoms with van der Waals surface area (Å²) in [5.41, 5.74) is 3.18. The molecule has 0 saturated carbocycles. The average molecular weight is 366 g/mol. The molecule has 0 bridgehead atoms. The van der Waals surface area contributed by atoms with Crippen LogP contribution in [-0.2, 0) is 11.3 Å². The highest BCUT2D eigenvalue weighted by Gasteiger charge is 2.27. The maximum absolute atomic E-state index is 13.5. The van der Waals surface area contributed by atoms with E-state index in [-0.39, 0.29) is 12.0 Å². The lowest BCUT2D eigenvalue weighted by molar-refractivity contribution is 0.0505. The first-order valence-electron chi connectivity index (χ1n) is 9.16. The Hall–Kier alpha value is -2.80. The van der Waals surface area contributed by atoms with E-state index in [0.717, 1.165) is 30.8 Å². The van der Waals surface area contributed by atoms with Crippen molar-refractivity contribution in [2.75, 3.05) is 13.2 Å². The van der Waals surface area contributed by atoms with Gasteiger partial charge in [-0.05, 0) is 44.9 Å². The van der Waals surface area contributed by atoms with Crippen LogP contribution in [-0.4, -0.2) is 45.2 Å². The van der Waals surface area contributed by atoms with E-state index in [1.165, 1.54) is 0 Å². The number of amides is 1. The molecule has 1 atom stereocenters. The molecule has 0 N–H and O–H groups in total. The van der Waals surface area contributed by atoms with Crippen LogP contribution in [0, 0.1) is 13.8 Å². The van der Waals surface area contributed by atoms with Gasteiger partial charge in [-0.25, -0.2) is 4.98 Å². The van der Waals surface area contributed by atoms with E-state index >= 15 is 0 Å². The summed E-state index contributed by atoms with van der Waals surface area (Å²) in [5.74, 6) is -0.0852. The third kappa shape index (κ3) is 3.68. The molecule has 1 fully saturated rings. The number of pyridine rings is 2. The van der Waals surface area contributed by atoms with E-state index < -0.39 is 0 Å². The molecule has 4 rings (SSSR count). The summed E-state index contributed by atoms with van der Waals surface area (Å²) in [7, 11) is 0. The first-order chi connectivity index (χ1) is 13.1. The monoisotopic (exact) mass is 366 g/mol. The fraction of sp³-hybridized carbons (Fsp3) is 0.400. The third-order valence-electron chi connectivity index (χ3n) is 4.79. The van der Waals surface area contributed by atoms with Gasteiger partial charge in [-0.2, -0.15) is 0 Å². The van der Waals surface area contributed by atoms with Gasteiger partial charge in [0.25, 0.3) is 11.6 Å². The highest BCUT2D eigenvalue weighted by molar-refractivity contribution is 6.06. The van der Waals surface area contributed by atoms with Crippen molar-refractivity contribution in [3.8, 4) is 0 Å². The van der Waals surface area contributed by atoms with E-state index in [1.54, 1.807) is 17.2 Å². The number of ether oxygens (including phenoxy) is 1. The van der Waals surface area contributed by atoms with Crippen LogP contribution in [0.25, 0.3) is 11.1 Å². The smallest absolute Gasteiger partial charge is 0.258 e. The van der Waals surface area contributed by atoms with Gasteiger partial charge < -0.3 is 14.2 Å². The Balaban J connectivity index is 1.70. The summed E-state index contributed by atoms with van der Waals surface area (Å²) in [6.07, 6.45) is 3.78. The van der Waals surface area contributed by atoms with Gasteiger partial charge in [0.15, 0.2) is 0 Å². The summed E-state index contributed by atoms with van der Waals surface area (Å²) < 4.78 is 11.1. The fourth-order valence-electron chi connectivity index (χ4n) is 3.50. The zero-order valence-electron chi connectivity index (χ0n) is 15.5. The maximum atomic E-state index is 13.5. The third-order valence-corrected chi connectivity index (χ3v) is 4.79. The Morgan fingerprint density at radius 3 is 2.96 bits per heavy atom. The van der Waals surface area contributed by atoms with Gasteiger partial charge in [-0.1, -0.05) is 11.2 Å². The van der Waals surface area contributed by atoms with Gasteiger partial charge in [0.05, 0.1) is 35.0 Å². The van der Waals surface area contributed by atoms with Crippen LogP contribution in [0.3, 0.4) is 0 Å². The molecule has 7 nitrogen and oxygen atoms in total. The molecule has 27 heavy (non-hydrogen) atoms. The highest BCUT2D eigenvalue weighted by Crippen LogP contribution is 2.25. The van der Waals surface area contributed by atoms with Crippen molar-refractivity contribution >= 4 is 17.0 Å². The van der Waals surface area contributed by atoms with Gasteiger partial charge in [0.2, 0.25) is 0 Å². The van der Waals surface area contributed by atoms with Crippen LogP contribution in [0.5, 0.6) is 0 Å². The standard InChI is InChI=1S/C20H22N4O3/c1-13-10-17(18-14(2)23-27-19(18)22-13)20(25)24(12-16-7-5-9-26-16)11-15-6-3-4-8-21-15/h3-4,6,8,10,16H,5,7,9,11-12H2,1-2H3/t16-/m0/s1. The zero-order chi connectivity index (χ0) is 18.8. The van der Waals surface area contributed by atoms with Gasteiger partial charge in [-0.15, -0.1) is 0 Å². The molecule has 1 aliphatic heterocycles. The number of hydrogen-bond donors (Lipinski definition) is 0. The first kappa shape index (κ1) is 17.6. The van der Waals surface area contributed by atoms with Crippen molar-refractivity contribution in [3.63, 3.8) is 0 Å². The molecule has 3 aromatic rings. The van der Waals surface area contributed by atoms with Gasteiger partial charge in [-0.3, -0.25) is 9.78 Å². The van der Waals surface area contributed by atoms with E-state index in [0.29, 0.717) is 35.4 Å². The van der Waals surface area contributed by atoms with E-state index in [4.69, 9.17) is 9.26 Å². The zero-order valence-corrected chi connectivity index (χ0v) is 15.5. The molecule has 0 aliphatic carbocycles. The Morgan fingerprint density at radius 2 is 2.22 bits per heavy atom. The molecule has 1 amide bonds. The maximum Gasteiger partial charge on any atom is 0.258 e. The average Bonchev–Trinajstić information content (AvgIpc) is 3.31. The van der Waals surface area contributed by atoms with Crippen molar-refractivity contribution < 1.29 is 14.1 Å². The van der Waals surface area contributed by atoms with Crippen LogP contribution < -0.4 is 0 Å². The molecule has 0 unspecified atom stereocenters. The molecule has 3 aromatic heterocycles. The van der Waals surface area contributed by atoms with Crippen molar-refractivity contribution in [3.05, 3.63) is 53.1 Å². The summed E-state index contributed by atoms with van der Waals surface area (Å²) >= 11 is 0. The molecular formula is C20H22N4O3. The lowest BCUT2D eigenvalue weighted by atomic mass is 10.1. The molecule has 0 spiro atoms. The fourth-order valence-corrected chi connectivity index (χ4v) is 3.50. The number of fused-ring (bicyclic) bond motifs is 1. The number of rotatable bonds is 5. The number of nitrogens with zero attached hydrogens (tertiary/aromatic N) is 4. The molecule has 0 radical (unpaired) electrons. The van der Waals surface area contributed by atoms with E-state index in [1.807, 2.05) is 32.0 Å². The molecule has 1 aliphatic rings. The molecule has 0 aromatic carbocycles. The molecule has 7 heteroatoms. The molecule has 1 saturated heterocycles. The van der Waals surface area contributed by atoms with Crippen LogP contribution in [0.4, 0.5) is 0 Å². The number of carbonyl (C=O) groups is 1. The number of aromatic nitrogens is 3. The van der Waals surface area contributed by atoms with E-state index in [2.05, 4.69) is 15.1 Å². The molecule has 4 heterocycles. The minimum atomic E-state index is -0.0852. The lowest BCUT2D eigenvalue weighted by Gasteiger charge is -2.25. The topological polar surface area (TPSA) is 81.4 Å². The Labute approximate surface area is 157 Å². The molecule has 140 valence electrons. The Morgan fingerprint density at radius 1 is 1.33 bits per heavy atom. The summed E-state index contributed by atoms with van der Waals surface area (Å²) in [5, 5.41) is 4.65. The highest BCUT2D eigenvalue weighted by atomic mass is 16.5. The van der Waals surface area contributed by atoms with Crippen molar-refractivity contribution in [2.45, 2.75) is 39.3 Å². The second-order valence-corrected chi connectivity index (χ2v) is 6.90.